The van der Waals surface area contributed by atoms with Crippen LogP contribution in [-0.4, -0.2) is 26.3 Å². The van der Waals surface area contributed by atoms with Gasteiger partial charge in [0, 0.05) is 0 Å². The maximum Gasteiger partial charge on any atom is 0.316 e. The molecule has 0 aromatic heterocycles. The molecule has 0 amide bonds. The zero-order valence-corrected chi connectivity index (χ0v) is 9.66. The highest BCUT2D eigenvalue weighted by atomic mass is 16.5. The van der Waals surface area contributed by atoms with Gasteiger partial charge in [0.1, 0.15) is 5.41 Å². The van der Waals surface area contributed by atoms with Gasteiger partial charge in [0.15, 0.2) is 0 Å². The second-order valence-electron chi connectivity index (χ2n) is 4.37. The summed E-state index contributed by atoms with van der Waals surface area (Å²) in [4.78, 5) is 11.7. The summed E-state index contributed by atoms with van der Waals surface area (Å²) in [6.45, 7) is 2.99. The number of hydrogen-bond acceptors (Lipinski definition) is 3. The SMILES string of the molecule is COC(=O)C1(Cc2ccccc2C)COC1. The third-order valence-electron chi connectivity index (χ3n) is 3.17. The summed E-state index contributed by atoms with van der Waals surface area (Å²) < 4.78 is 10.0. The number of hydrogen-bond donors (Lipinski definition) is 0. The monoisotopic (exact) mass is 220 g/mol. The smallest absolute Gasteiger partial charge is 0.316 e. The van der Waals surface area contributed by atoms with E-state index in [4.69, 9.17) is 9.47 Å². The minimum atomic E-state index is -0.457. The molecule has 1 aromatic rings. The first kappa shape index (κ1) is 11.1. The third-order valence-corrected chi connectivity index (χ3v) is 3.17. The molecule has 2 rings (SSSR count). The number of rotatable bonds is 3. The fourth-order valence-corrected chi connectivity index (χ4v) is 2.03. The lowest BCUT2D eigenvalue weighted by molar-refractivity contribution is -0.182. The Morgan fingerprint density at radius 3 is 2.62 bits per heavy atom. The van der Waals surface area contributed by atoms with Crippen LogP contribution in [0.3, 0.4) is 0 Å². The summed E-state index contributed by atoms with van der Waals surface area (Å²) in [7, 11) is 1.43. The molecule has 0 atom stereocenters. The first-order valence-corrected chi connectivity index (χ1v) is 5.39. The highest BCUT2D eigenvalue weighted by Crippen LogP contribution is 2.33. The Hall–Kier alpha value is -1.35. The Kier molecular flexibility index (Phi) is 2.97. The van der Waals surface area contributed by atoms with Gasteiger partial charge in [-0.05, 0) is 24.5 Å². The molecule has 16 heavy (non-hydrogen) atoms. The zero-order valence-electron chi connectivity index (χ0n) is 9.66. The standard InChI is InChI=1S/C13H16O3/c1-10-5-3-4-6-11(10)7-13(8-16-9-13)12(14)15-2/h3-6H,7-9H2,1-2H3. The molecule has 0 bridgehead atoms. The number of ether oxygens (including phenoxy) is 2. The van der Waals surface area contributed by atoms with Gasteiger partial charge in [-0.2, -0.15) is 0 Å². The number of esters is 1. The summed E-state index contributed by atoms with van der Waals surface area (Å²) in [5, 5.41) is 0. The third kappa shape index (κ3) is 1.83. The van der Waals surface area contributed by atoms with Crippen molar-refractivity contribution in [2.24, 2.45) is 5.41 Å². The molecule has 1 aliphatic heterocycles. The van der Waals surface area contributed by atoms with Gasteiger partial charge in [0.2, 0.25) is 0 Å². The molecule has 1 aliphatic rings. The van der Waals surface area contributed by atoms with Gasteiger partial charge in [-0.3, -0.25) is 4.79 Å². The molecule has 3 heteroatoms. The fraction of sp³-hybridized carbons (Fsp3) is 0.462. The van der Waals surface area contributed by atoms with E-state index in [1.165, 1.54) is 18.2 Å². The van der Waals surface area contributed by atoms with Crippen LogP contribution in [0.5, 0.6) is 0 Å². The van der Waals surface area contributed by atoms with Gasteiger partial charge in [0.25, 0.3) is 0 Å². The van der Waals surface area contributed by atoms with Crippen LogP contribution in [0.4, 0.5) is 0 Å². The highest BCUT2D eigenvalue weighted by molar-refractivity contribution is 5.78. The van der Waals surface area contributed by atoms with Gasteiger partial charge < -0.3 is 9.47 Å². The first-order valence-electron chi connectivity index (χ1n) is 5.39. The molecule has 0 aliphatic carbocycles. The lowest BCUT2D eigenvalue weighted by atomic mass is 9.79. The maximum absolute atomic E-state index is 11.7. The Morgan fingerprint density at radius 2 is 2.12 bits per heavy atom. The van der Waals surface area contributed by atoms with E-state index in [2.05, 4.69) is 19.1 Å². The van der Waals surface area contributed by atoms with Gasteiger partial charge >= 0.3 is 5.97 Å². The van der Waals surface area contributed by atoms with Crippen molar-refractivity contribution >= 4 is 5.97 Å². The van der Waals surface area contributed by atoms with Crippen molar-refractivity contribution in [3.05, 3.63) is 35.4 Å². The molecular formula is C13H16O3. The van der Waals surface area contributed by atoms with Crippen LogP contribution in [-0.2, 0) is 20.7 Å². The summed E-state index contributed by atoms with van der Waals surface area (Å²) in [6, 6.07) is 8.10. The fourth-order valence-electron chi connectivity index (χ4n) is 2.03. The topological polar surface area (TPSA) is 35.5 Å². The summed E-state index contributed by atoms with van der Waals surface area (Å²) >= 11 is 0. The van der Waals surface area contributed by atoms with Crippen molar-refractivity contribution in [3.8, 4) is 0 Å². The van der Waals surface area contributed by atoms with E-state index >= 15 is 0 Å². The van der Waals surface area contributed by atoms with E-state index in [-0.39, 0.29) is 5.97 Å². The Bertz CT molecular complexity index is 394. The van der Waals surface area contributed by atoms with Crippen LogP contribution in [0, 0.1) is 12.3 Å². The van der Waals surface area contributed by atoms with E-state index in [1.807, 2.05) is 12.1 Å². The van der Waals surface area contributed by atoms with Crippen LogP contribution in [0.2, 0.25) is 0 Å². The van der Waals surface area contributed by atoms with E-state index < -0.39 is 5.41 Å². The van der Waals surface area contributed by atoms with Gasteiger partial charge in [-0.15, -0.1) is 0 Å². The lowest BCUT2D eigenvalue weighted by Gasteiger charge is -2.38. The molecule has 0 unspecified atom stereocenters. The minimum Gasteiger partial charge on any atom is -0.468 e. The van der Waals surface area contributed by atoms with Gasteiger partial charge in [-0.25, -0.2) is 0 Å². The predicted molar refractivity (Wildman–Crippen MR) is 60.2 cm³/mol. The van der Waals surface area contributed by atoms with Gasteiger partial charge in [-0.1, -0.05) is 24.3 Å². The van der Waals surface area contributed by atoms with Crippen molar-refractivity contribution in [1.29, 1.82) is 0 Å². The molecule has 0 saturated carbocycles. The number of aryl methyl sites for hydroxylation is 1. The molecule has 1 saturated heterocycles. The van der Waals surface area contributed by atoms with Crippen LogP contribution < -0.4 is 0 Å². The van der Waals surface area contributed by atoms with Crippen molar-refractivity contribution in [2.45, 2.75) is 13.3 Å². The summed E-state index contributed by atoms with van der Waals surface area (Å²) in [5.74, 6) is -0.165. The van der Waals surface area contributed by atoms with E-state index in [0.29, 0.717) is 19.6 Å². The first-order chi connectivity index (χ1) is 7.68. The highest BCUT2D eigenvalue weighted by Gasteiger charge is 2.47. The van der Waals surface area contributed by atoms with E-state index in [9.17, 15) is 4.79 Å². The zero-order chi connectivity index (χ0) is 11.6. The van der Waals surface area contributed by atoms with Crippen LogP contribution in [0.15, 0.2) is 24.3 Å². The largest absolute Gasteiger partial charge is 0.468 e. The summed E-state index contributed by atoms with van der Waals surface area (Å²) in [5.41, 5.74) is 1.94. The second-order valence-corrected chi connectivity index (χ2v) is 4.37. The van der Waals surface area contributed by atoms with Crippen LogP contribution in [0.25, 0.3) is 0 Å². The van der Waals surface area contributed by atoms with Gasteiger partial charge in [0.05, 0.1) is 20.3 Å². The van der Waals surface area contributed by atoms with E-state index in [0.717, 1.165) is 0 Å². The summed E-state index contributed by atoms with van der Waals surface area (Å²) in [6.07, 6.45) is 0.701. The van der Waals surface area contributed by atoms with Crippen LogP contribution >= 0.6 is 0 Å². The molecule has 0 spiro atoms. The molecule has 1 fully saturated rings. The molecule has 1 aromatic carbocycles. The normalized spacial score (nSPS) is 17.6. The second kappa shape index (κ2) is 4.26. The van der Waals surface area contributed by atoms with Crippen molar-refractivity contribution in [3.63, 3.8) is 0 Å². The van der Waals surface area contributed by atoms with Crippen LogP contribution in [0.1, 0.15) is 11.1 Å². The molecule has 0 N–H and O–H groups in total. The Labute approximate surface area is 95.4 Å². The van der Waals surface area contributed by atoms with Crippen molar-refractivity contribution in [2.75, 3.05) is 20.3 Å². The average molecular weight is 220 g/mol. The molecule has 0 radical (unpaired) electrons. The number of methoxy groups -OCH3 is 1. The van der Waals surface area contributed by atoms with E-state index in [1.54, 1.807) is 0 Å². The average Bonchev–Trinajstić information content (AvgIpc) is 2.25. The maximum atomic E-state index is 11.7. The lowest BCUT2D eigenvalue weighted by Crippen LogP contribution is -2.51. The van der Waals surface area contributed by atoms with Crippen molar-refractivity contribution < 1.29 is 14.3 Å². The quantitative estimate of drug-likeness (QED) is 0.728. The number of carbonyl (C=O) groups excluding carboxylic acids is 1. The molecular weight excluding hydrogens is 204 g/mol. The Morgan fingerprint density at radius 1 is 1.44 bits per heavy atom. The van der Waals surface area contributed by atoms with Crippen molar-refractivity contribution in [1.82, 2.24) is 0 Å². The molecule has 1 heterocycles. The number of carbonyl (C=O) groups is 1. The molecule has 3 nitrogen and oxygen atoms in total. The molecule has 86 valence electrons. The predicted octanol–water partition coefficient (Wildman–Crippen LogP) is 1.73. The Balaban J connectivity index is 2.19. The number of benzene rings is 1. The minimum absolute atomic E-state index is 0.165.